The van der Waals surface area contributed by atoms with Crippen molar-refractivity contribution in [3.8, 4) is 0 Å². The van der Waals surface area contributed by atoms with E-state index in [1.54, 1.807) is 11.3 Å². The first-order chi connectivity index (χ1) is 9.16. The molecule has 1 saturated heterocycles. The van der Waals surface area contributed by atoms with Crippen LogP contribution < -0.4 is 10.6 Å². The number of amides is 4. The van der Waals surface area contributed by atoms with Crippen molar-refractivity contribution in [2.75, 3.05) is 18.8 Å². The first-order valence-electron chi connectivity index (χ1n) is 5.68. The van der Waals surface area contributed by atoms with Crippen LogP contribution in [0.2, 0.25) is 0 Å². The number of thiophene rings is 1. The van der Waals surface area contributed by atoms with Gasteiger partial charge in [0.25, 0.3) is 5.24 Å². The van der Waals surface area contributed by atoms with Gasteiger partial charge in [0.2, 0.25) is 5.91 Å². The third-order valence-electron chi connectivity index (χ3n) is 2.46. The Morgan fingerprint density at radius 1 is 1.37 bits per heavy atom. The number of hydrogen-bond donors (Lipinski definition) is 2. The van der Waals surface area contributed by atoms with Gasteiger partial charge in [-0.15, -0.1) is 11.3 Å². The first kappa shape index (κ1) is 13.9. The molecule has 1 fully saturated rings. The highest BCUT2D eigenvalue weighted by Crippen LogP contribution is 2.17. The van der Waals surface area contributed by atoms with Crippen molar-refractivity contribution in [1.82, 2.24) is 15.5 Å². The molecule has 0 radical (unpaired) electrons. The molecule has 2 N–H and O–H groups in total. The van der Waals surface area contributed by atoms with Crippen molar-refractivity contribution in [2.24, 2.45) is 0 Å². The molecule has 19 heavy (non-hydrogen) atoms. The van der Waals surface area contributed by atoms with Crippen molar-refractivity contribution < 1.29 is 14.4 Å². The minimum Gasteiger partial charge on any atom is -0.336 e. The molecule has 4 amide bonds. The zero-order valence-corrected chi connectivity index (χ0v) is 11.7. The largest absolute Gasteiger partial charge is 0.336 e. The zero-order valence-electron chi connectivity index (χ0n) is 10.0. The summed E-state index contributed by atoms with van der Waals surface area (Å²) < 4.78 is 0. The third kappa shape index (κ3) is 3.97. The summed E-state index contributed by atoms with van der Waals surface area (Å²) in [5.41, 5.74) is 0. The summed E-state index contributed by atoms with van der Waals surface area (Å²) >= 11 is 2.56. The maximum atomic E-state index is 11.5. The van der Waals surface area contributed by atoms with Crippen LogP contribution in [-0.4, -0.2) is 40.9 Å². The second-order valence-electron chi connectivity index (χ2n) is 3.79. The number of imide groups is 1. The molecule has 1 aliphatic heterocycles. The lowest BCUT2D eigenvalue weighted by Gasteiger charge is -2.13. The molecule has 0 aromatic carbocycles. The number of carbonyl (C=O) groups excluding carboxylic acids is 3. The predicted molar refractivity (Wildman–Crippen MR) is 74.1 cm³/mol. The number of rotatable bonds is 5. The normalized spacial score (nSPS) is 14.8. The second kappa shape index (κ2) is 6.58. The fraction of sp³-hybridized carbons (Fsp3) is 0.364. The summed E-state index contributed by atoms with van der Waals surface area (Å²) in [6.07, 6.45) is 0. The molecule has 0 atom stereocenters. The Kier molecular flexibility index (Phi) is 4.80. The van der Waals surface area contributed by atoms with Gasteiger partial charge < -0.3 is 10.6 Å². The summed E-state index contributed by atoms with van der Waals surface area (Å²) in [4.78, 5) is 36.3. The van der Waals surface area contributed by atoms with E-state index >= 15 is 0 Å². The van der Waals surface area contributed by atoms with Crippen molar-refractivity contribution >= 4 is 40.3 Å². The maximum absolute atomic E-state index is 11.5. The number of carbonyl (C=O) groups is 3. The van der Waals surface area contributed by atoms with E-state index in [-0.39, 0.29) is 36.0 Å². The van der Waals surface area contributed by atoms with E-state index in [1.807, 2.05) is 17.5 Å². The lowest BCUT2D eigenvalue weighted by molar-refractivity contribution is -0.124. The molecule has 0 saturated carbocycles. The Bertz CT molecular complexity index is 460. The van der Waals surface area contributed by atoms with Crippen LogP contribution in [0.3, 0.4) is 0 Å². The van der Waals surface area contributed by atoms with E-state index < -0.39 is 0 Å². The molecule has 0 aliphatic carbocycles. The predicted octanol–water partition coefficient (Wildman–Crippen LogP) is 1.24. The van der Waals surface area contributed by atoms with Crippen LogP contribution in [0.4, 0.5) is 9.59 Å². The molecule has 0 unspecified atom stereocenters. The minimum absolute atomic E-state index is 0.198. The summed E-state index contributed by atoms with van der Waals surface area (Å²) in [5, 5.41) is 7.01. The van der Waals surface area contributed by atoms with Crippen LogP contribution in [0, 0.1) is 0 Å². The Balaban J connectivity index is 1.64. The number of nitrogens with zero attached hydrogens (tertiary/aromatic N) is 1. The Morgan fingerprint density at radius 3 is 2.84 bits per heavy atom. The molecular weight excluding hydrogens is 286 g/mol. The molecule has 102 valence electrons. The van der Waals surface area contributed by atoms with Gasteiger partial charge in [-0.25, -0.2) is 4.79 Å². The van der Waals surface area contributed by atoms with Crippen LogP contribution in [0.15, 0.2) is 17.5 Å². The quantitative estimate of drug-likeness (QED) is 0.857. The third-order valence-corrected chi connectivity index (χ3v) is 4.20. The number of urea groups is 1. The lowest BCUT2D eigenvalue weighted by Crippen LogP contribution is -2.41. The molecule has 8 heteroatoms. The van der Waals surface area contributed by atoms with Gasteiger partial charge in [0, 0.05) is 18.0 Å². The smallest absolute Gasteiger partial charge is 0.315 e. The van der Waals surface area contributed by atoms with Gasteiger partial charge in [0.1, 0.15) is 0 Å². The highest BCUT2D eigenvalue weighted by Gasteiger charge is 2.29. The first-order valence-corrected chi connectivity index (χ1v) is 7.54. The molecule has 1 aromatic rings. The Morgan fingerprint density at radius 2 is 2.21 bits per heavy atom. The van der Waals surface area contributed by atoms with Gasteiger partial charge >= 0.3 is 6.03 Å². The average Bonchev–Trinajstić information content (AvgIpc) is 3.00. The van der Waals surface area contributed by atoms with Gasteiger partial charge in [-0.2, -0.15) is 0 Å². The monoisotopic (exact) mass is 299 g/mol. The zero-order chi connectivity index (χ0) is 13.7. The molecule has 1 aliphatic rings. The van der Waals surface area contributed by atoms with E-state index in [0.717, 1.165) is 21.5 Å². The molecule has 0 bridgehead atoms. The fourth-order valence-electron chi connectivity index (χ4n) is 1.52. The van der Waals surface area contributed by atoms with Gasteiger partial charge in [0.15, 0.2) is 0 Å². The van der Waals surface area contributed by atoms with Crippen LogP contribution >= 0.6 is 23.1 Å². The van der Waals surface area contributed by atoms with Gasteiger partial charge in [-0.1, -0.05) is 17.8 Å². The molecular formula is C11H13N3O3S2. The Hall–Kier alpha value is -1.54. The van der Waals surface area contributed by atoms with Crippen molar-refractivity contribution in [3.05, 3.63) is 22.4 Å². The van der Waals surface area contributed by atoms with E-state index in [9.17, 15) is 14.4 Å². The highest BCUT2D eigenvalue weighted by molar-refractivity contribution is 8.14. The van der Waals surface area contributed by atoms with Crippen LogP contribution in [-0.2, 0) is 11.3 Å². The van der Waals surface area contributed by atoms with Crippen LogP contribution in [0.25, 0.3) is 0 Å². The fourth-order valence-corrected chi connectivity index (χ4v) is 2.92. The topological polar surface area (TPSA) is 78.5 Å². The van der Waals surface area contributed by atoms with Crippen molar-refractivity contribution in [2.45, 2.75) is 6.54 Å². The number of nitrogens with one attached hydrogen (secondary N) is 2. The van der Waals surface area contributed by atoms with E-state index in [1.165, 1.54) is 0 Å². The molecule has 0 spiro atoms. The standard InChI is InChI=1S/C11H13N3O3S2/c15-9-7-19-11(17)14(9)4-3-12-10(16)13-6-8-2-1-5-18-8/h1-2,5H,3-4,6-7H2,(H2,12,13,16). The van der Waals surface area contributed by atoms with Crippen molar-refractivity contribution in [3.63, 3.8) is 0 Å². The molecule has 6 nitrogen and oxygen atoms in total. The van der Waals surface area contributed by atoms with Gasteiger partial charge in [-0.3, -0.25) is 14.5 Å². The van der Waals surface area contributed by atoms with Gasteiger partial charge in [0.05, 0.1) is 12.3 Å². The van der Waals surface area contributed by atoms with Crippen LogP contribution in [0.5, 0.6) is 0 Å². The Labute approximate surface area is 118 Å². The average molecular weight is 299 g/mol. The maximum Gasteiger partial charge on any atom is 0.315 e. The minimum atomic E-state index is -0.305. The lowest BCUT2D eigenvalue weighted by atomic mass is 10.4. The van der Waals surface area contributed by atoms with E-state index in [2.05, 4.69) is 10.6 Å². The number of thioether (sulfide) groups is 1. The SMILES string of the molecule is O=C(NCCN1C(=O)CSC1=O)NCc1cccs1. The second-order valence-corrected chi connectivity index (χ2v) is 5.75. The van der Waals surface area contributed by atoms with E-state index in [0.29, 0.717) is 6.54 Å². The van der Waals surface area contributed by atoms with E-state index in [4.69, 9.17) is 0 Å². The molecule has 2 rings (SSSR count). The molecule has 2 heterocycles. The summed E-state index contributed by atoms with van der Waals surface area (Å²) in [6.45, 7) is 0.951. The van der Waals surface area contributed by atoms with Gasteiger partial charge in [-0.05, 0) is 11.4 Å². The summed E-state index contributed by atoms with van der Waals surface area (Å²) in [6, 6.07) is 3.55. The highest BCUT2D eigenvalue weighted by atomic mass is 32.2. The van der Waals surface area contributed by atoms with Crippen LogP contribution in [0.1, 0.15) is 4.88 Å². The number of hydrogen-bond acceptors (Lipinski definition) is 5. The molecule has 1 aromatic heterocycles. The summed E-state index contributed by atoms with van der Waals surface area (Å²) in [7, 11) is 0. The van der Waals surface area contributed by atoms with Crippen molar-refractivity contribution in [1.29, 1.82) is 0 Å². The summed E-state index contributed by atoms with van der Waals surface area (Å²) in [5.74, 6) is -0.000514.